The van der Waals surface area contributed by atoms with Gasteiger partial charge in [-0.1, -0.05) is 19.4 Å². The Morgan fingerprint density at radius 2 is 1.86 bits per heavy atom. The molecule has 156 valence electrons. The van der Waals surface area contributed by atoms with E-state index in [0.29, 0.717) is 17.6 Å². The summed E-state index contributed by atoms with van der Waals surface area (Å²) in [6, 6.07) is -0.560. The number of nitrogens with two attached hydrogens (primary N) is 1. The van der Waals surface area contributed by atoms with Crippen LogP contribution >= 0.6 is 0 Å². The Morgan fingerprint density at radius 1 is 1.11 bits per heavy atom. The molecule has 4 heteroatoms. The maximum atomic E-state index is 12.3. The molecule has 0 saturated heterocycles. The molecule has 0 aromatic rings. The molecule has 0 spiro atoms. The molecule has 28 heavy (non-hydrogen) atoms. The van der Waals surface area contributed by atoms with Gasteiger partial charge in [-0.2, -0.15) is 0 Å². The molecule has 0 aliphatic heterocycles. The summed E-state index contributed by atoms with van der Waals surface area (Å²) in [4.78, 5) is 24.2. The van der Waals surface area contributed by atoms with Gasteiger partial charge in [-0.3, -0.25) is 9.59 Å². The number of rotatable bonds is 3. The number of ketones is 1. The number of ether oxygens (including phenoxy) is 1. The molecule has 4 aliphatic rings. The first-order chi connectivity index (χ1) is 13.2. The van der Waals surface area contributed by atoms with Crippen molar-refractivity contribution in [1.82, 2.24) is 0 Å². The van der Waals surface area contributed by atoms with Gasteiger partial charge in [0.15, 0.2) is 0 Å². The summed E-state index contributed by atoms with van der Waals surface area (Å²) >= 11 is 0. The Kier molecular flexibility index (Phi) is 5.01. The number of Topliss-reactive ketones (excluding diaryl/α,β-unsaturated/α-hetero) is 1. The second kappa shape index (κ2) is 6.97. The largest absolute Gasteiger partial charge is 0.457 e. The van der Waals surface area contributed by atoms with Gasteiger partial charge in [0.2, 0.25) is 0 Å². The molecule has 3 saturated carbocycles. The summed E-state index contributed by atoms with van der Waals surface area (Å²) in [5.74, 6) is 2.54. The molecule has 4 aliphatic carbocycles. The number of hydrogen-bond donors (Lipinski definition) is 1. The molecule has 0 bridgehead atoms. The van der Waals surface area contributed by atoms with E-state index in [1.54, 1.807) is 13.8 Å². The Bertz CT molecular complexity index is 698. The number of allylic oxidation sites excluding steroid dienone is 1. The van der Waals surface area contributed by atoms with Crippen LogP contribution in [0.3, 0.4) is 0 Å². The SMILES string of the molecule is CC(=O)[C@H]1CCC2C3CCC4=C[C@@H](OC(=O)C(C)N)CC[C@]4(C)C3CC[C@@]21C. The van der Waals surface area contributed by atoms with Crippen LogP contribution in [-0.4, -0.2) is 23.9 Å². The van der Waals surface area contributed by atoms with Crippen molar-refractivity contribution < 1.29 is 14.3 Å². The van der Waals surface area contributed by atoms with Crippen LogP contribution in [0.2, 0.25) is 0 Å². The summed E-state index contributed by atoms with van der Waals surface area (Å²) in [7, 11) is 0. The maximum Gasteiger partial charge on any atom is 0.323 e. The van der Waals surface area contributed by atoms with Crippen molar-refractivity contribution in [3.05, 3.63) is 11.6 Å². The van der Waals surface area contributed by atoms with Crippen LogP contribution in [0.15, 0.2) is 11.6 Å². The van der Waals surface area contributed by atoms with Crippen LogP contribution in [0.5, 0.6) is 0 Å². The second-order valence-electron chi connectivity index (χ2n) is 10.6. The quantitative estimate of drug-likeness (QED) is 0.575. The van der Waals surface area contributed by atoms with Gasteiger partial charge >= 0.3 is 5.97 Å². The van der Waals surface area contributed by atoms with E-state index in [9.17, 15) is 9.59 Å². The summed E-state index contributed by atoms with van der Waals surface area (Å²) in [5.41, 5.74) is 7.63. The van der Waals surface area contributed by atoms with Crippen LogP contribution in [-0.2, 0) is 14.3 Å². The van der Waals surface area contributed by atoms with Gasteiger partial charge in [-0.05, 0) is 99.9 Å². The molecule has 0 aromatic carbocycles. The highest BCUT2D eigenvalue weighted by Crippen LogP contribution is 2.66. The molecule has 4 rings (SSSR count). The Labute approximate surface area is 169 Å². The average Bonchev–Trinajstić information content (AvgIpc) is 2.99. The van der Waals surface area contributed by atoms with Gasteiger partial charge in [-0.15, -0.1) is 0 Å². The molecular formula is C24H37NO3. The van der Waals surface area contributed by atoms with E-state index in [2.05, 4.69) is 19.9 Å². The third-order valence-electron chi connectivity index (χ3n) is 9.20. The third-order valence-corrected chi connectivity index (χ3v) is 9.20. The summed E-state index contributed by atoms with van der Waals surface area (Å²) in [5, 5.41) is 0. The highest BCUT2D eigenvalue weighted by molar-refractivity contribution is 5.79. The van der Waals surface area contributed by atoms with Gasteiger partial charge < -0.3 is 10.5 Å². The molecule has 4 nitrogen and oxygen atoms in total. The third kappa shape index (κ3) is 2.98. The predicted octanol–water partition coefficient (Wildman–Crippen LogP) is 4.41. The highest BCUT2D eigenvalue weighted by Gasteiger charge is 2.59. The van der Waals surface area contributed by atoms with E-state index < -0.39 is 6.04 Å². The van der Waals surface area contributed by atoms with E-state index in [0.717, 1.165) is 31.6 Å². The van der Waals surface area contributed by atoms with Crippen molar-refractivity contribution in [2.45, 2.75) is 91.2 Å². The van der Waals surface area contributed by atoms with Crippen LogP contribution in [0, 0.1) is 34.5 Å². The monoisotopic (exact) mass is 387 g/mol. The fraction of sp³-hybridized carbons (Fsp3) is 0.833. The molecule has 2 N–H and O–H groups in total. The fourth-order valence-corrected chi connectivity index (χ4v) is 7.71. The lowest BCUT2D eigenvalue weighted by Gasteiger charge is -2.58. The van der Waals surface area contributed by atoms with Gasteiger partial charge in [0.05, 0.1) is 0 Å². The van der Waals surface area contributed by atoms with E-state index in [1.807, 2.05) is 0 Å². The number of carbonyl (C=O) groups is 2. The Balaban J connectivity index is 1.55. The lowest BCUT2D eigenvalue weighted by Crippen LogP contribution is -2.51. The van der Waals surface area contributed by atoms with Crippen LogP contribution < -0.4 is 5.73 Å². The standard InChI is InChI=1S/C24H37NO3/c1-14(25)22(27)28-17-9-11-23(3)16(13-17)5-6-18-20-8-7-19(15(2)26)24(20,4)12-10-21(18)23/h13-14,17-21H,5-12,25H2,1-4H3/t14?,17-,18?,19+,20?,21?,23-,24+/m0/s1. The average molecular weight is 388 g/mol. The fourth-order valence-electron chi connectivity index (χ4n) is 7.71. The van der Waals surface area contributed by atoms with Crippen molar-refractivity contribution in [3.8, 4) is 0 Å². The van der Waals surface area contributed by atoms with Gasteiger partial charge in [0, 0.05) is 5.92 Å². The summed E-state index contributed by atoms with van der Waals surface area (Å²) in [6.45, 7) is 8.35. The lowest BCUT2D eigenvalue weighted by atomic mass is 9.46. The predicted molar refractivity (Wildman–Crippen MR) is 109 cm³/mol. The maximum absolute atomic E-state index is 12.3. The second-order valence-corrected chi connectivity index (χ2v) is 10.6. The van der Waals surface area contributed by atoms with E-state index >= 15 is 0 Å². The summed E-state index contributed by atoms with van der Waals surface area (Å²) < 4.78 is 5.63. The molecule has 0 heterocycles. The van der Waals surface area contributed by atoms with Crippen LogP contribution in [0.4, 0.5) is 0 Å². The van der Waals surface area contributed by atoms with E-state index in [4.69, 9.17) is 10.5 Å². The number of fused-ring (bicyclic) bond motifs is 5. The summed E-state index contributed by atoms with van der Waals surface area (Å²) in [6.07, 6.45) is 11.2. The molecule has 0 amide bonds. The molecule has 3 fully saturated rings. The van der Waals surface area contributed by atoms with Crippen molar-refractivity contribution >= 4 is 11.8 Å². The first-order valence-corrected chi connectivity index (χ1v) is 11.3. The van der Waals surface area contributed by atoms with E-state index in [1.165, 1.54) is 31.3 Å². The van der Waals surface area contributed by atoms with Crippen molar-refractivity contribution in [1.29, 1.82) is 0 Å². The normalized spacial score (nSPS) is 45.9. The lowest BCUT2D eigenvalue weighted by molar-refractivity contribution is -0.149. The topological polar surface area (TPSA) is 69.4 Å². The van der Waals surface area contributed by atoms with Gasteiger partial charge in [0.1, 0.15) is 17.9 Å². The number of carbonyl (C=O) groups excluding carboxylic acids is 2. The smallest absolute Gasteiger partial charge is 0.323 e. The first-order valence-electron chi connectivity index (χ1n) is 11.3. The minimum absolute atomic E-state index is 0.111. The zero-order chi connectivity index (χ0) is 20.3. The van der Waals surface area contributed by atoms with Gasteiger partial charge in [-0.25, -0.2) is 0 Å². The number of esters is 1. The van der Waals surface area contributed by atoms with Crippen molar-refractivity contribution in [2.24, 2.45) is 40.2 Å². The zero-order valence-electron chi connectivity index (χ0n) is 18.0. The van der Waals surface area contributed by atoms with Crippen LogP contribution in [0.25, 0.3) is 0 Å². The van der Waals surface area contributed by atoms with Crippen molar-refractivity contribution in [3.63, 3.8) is 0 Å². The molecule has 4 unspecified atom stereocenters. The zero-order valence-corrected chi connectivity index (χ0v) is 18.0. The Hall–Kier alpha value is -1.16. The molecule has 0 radical (unpaired) electrons. The van der Waals surface area contributed by atoms with Crippen LogP contribution in [0.1, 0.15) is 79.1 Å². The molecule has 0 aromatic heterocycles. The van der Waals surface area contributed by atoms with Gasteiger partial charge in [0.25, 0.3) is 0 Å². The number of hydrogen-bond acceptors (Lipinski definition) is 4. The van der Waals surface area contributed by atoms with E-state index in [-0.39, 0.29) is 28.8 Å². The minimum atomic E-state index is -0.560. The first kappa shape index (κ1) is 20.1. The minimum Gasteiger partial charge on any atom is -0.457 e. The molecule has 8 atom stereocenters. The highest BCUT2D eigenvalue weighted by atomic mass is 16.5. The molecular weight excluding hydrogens is 350 g/mol. The van der Waals surface area contributed by atoms with Crippen molar-refractivity contribution in [2.75, 3.05) is 0 Å². The Morgan fingerprint density at radius 3 is 2.54 bits per heavy atom.